The standard InChI is InChI=1S/C8H13NO8/c1-2(10)9-7(15)5(13)3(11)4(12)6(14)8(16)17/h3-6,11-14H,1H3,(H,16,17)(H,9,10,15)/t3-,4-,5+,6-/m0/s1. The van der Waals surface area contributed by atoms with Crippen LogP contribution in [0.2, 0.25) is 0 Å². The second kappa shape index (κ2) is 6.25. The summed E-state index contributed by atoms with van der Waals surface area (Å²) in [5.41, 5.74) is 0. The van der Waals surface area contributed by atoms with Crippen molar-refractivity contribution in [2.75, 3.05) is 0 Å². The fourth-order valence-electron chi connectivity index (χ4n) is 0.922. The fraction of sp³-hybridized carbons (Fsp3) is 0.625. The van der Waals surface area contributed by atoms with Gasteiger partial charge in [-0.1, -0.05) is 0 Å². The number of imide groups is 1. The summed E-state index contributed by atoms with van der Waals surface area (Å²) < 4.78 is 0. The Morgan fingerprint density at radius 3 is 1.71 bits per heavy atom. The molecule has 17 heavy (non-hydrogen) atoms. The molecule has 0 heterocycles. The predicted octanol–water partition coefficient (Wildman–Crippen LogP) is -3.82. The van der Waals surface area contributed by atoms with Crippen molar-refractivity contribution in [2.24, 2.45) is 0 Å². The van der Waals surface area contributed by atoms with E-state index >= 15 is 0 Å². The molecule has 0 aliphatic carbocycles. The highest BCUT2D eigenvalue weighted by atomic mass is 16.4. The number of carbonyl (C=O) groups excluding carboxylic acids is 2. The van der Waals surface area contributed by atoms with Gasteiger partial charge in [-0.05, 0) is 0 Å². The lowest BCUT2D eigenvalue weighted by Gasteiger charge is -2.23. The molecular weight excluding hydrogens is 238 g/mol. The lowest BCUT2D eigenvalue weighted by molar-refractivity contribution is -0.166. The predicted molar refractivity (Wildman–Crippen MR) is 50.5 cm³/mol. The number of aliphatic hydroxyl groups is 4. The van der Waals surface area contributed by atoms with Crippen LogP contribution in [0.1, 0.15) is 6.92 Å². The van der Waals surface area contributed by atoms with Crippen molar-refractivity contribution in [1.82, 2.24) is 5.32 Å². The van der Waals surface area contributed by atoms with Crippen LogP contribution in [0.4, 0.5) is 0 Å². The van der Waals surface area contributed by atoms with Crippen LogP contribution in [-0.4, -0.2) is 67.7 Å². The maximum atomic E-state index is 11.0. The molecule has 0 aliphatic rings. The quantitative estimate of drug-likeness (QED) is 0.289. The molecule has 0 fully saturated rings. The average Bonchev–Trinajstić information content (AvgIpc) is 2.23. The monoisotopic (exact) mass is 251 g/mol. The molecule has 0 unspecified atom stereocenters. The van der Waals surface area contributed by atoms with Crippen molar-refractivity contribution in [3.63, 3.8) is 0 Å². The van der Waals surface area contributed by atoms with E-state index in [-0.39, 0.29) is 0 Å². The van der Waals surface area contributed by atoms with Crippen LogP contribution < -0.4 is 5.32 Å². The minimum Gasteiger partial charge on any atom is -0.479 e. The van der Waals surface area contributed by atoms with Gasteiger partial charge in [0.1, 0.15) is 12.2 Å². The summed E-state index contributed by atoms with van der Waals surface area (Å²) in [5, 5.41) is 46.2. The van der Waals surface area contributed by atoms with Gasteiger partial charge in [0.25, 0.3) is 5.91 Å². The molecule has 0 saturated heterocycles. The molecule has 0 aromatic heterocycles. The van der Waals surface area contributed by atoms with Crippen LogP contribution in [0.15, 0.2) is 0 Å². The molecule has 2 amide bonds. The first kappa shape index (κ1) is 15.4. The summed E-state index contributed by atoms with van der Waals surface area (Å²) >= 11 is 0. The van der Waals surface area contributed by atoms with E-state index in [0.29, 0.717) is 0 Å². The number of nitrogens with one attached hydrogen (secondary N) is 1. The van der Waals surface area contributed by atoms with Gasteiger partial charge in [0.15, 0.2) is 12.2 Å². The Morgan fingerprint density at radius 2 is 1.35 bits per heavy atom. The Morgan fingerprint density at radius 1 is 0.941 bits per heavy atom. The van der Waals surface area contributed by atoms with Crippen LogP contribution in [0.5, 0.6) is 0 Å². The number of carboxylic acids is 1. The first-order valence-electron chi connectivity index (χ1n) is 4.45. The van der Waals surface area contributed by atoms with Crippen LogP contribution >= 0.6 is 0 Å². The summed E-state index contributed by atoms with van der Waals surface area (Å²) in [6, 6.07) is 0. The van der Waals surface area contributed by atoms with Crippen LogP contribution in [0.3, 0.4) is 0 Å². The molecule has 0 aliphatic heterocycles. The van der Waals surface area contributed by atoms with Crippen LogP contribution in [-0.2, 0) is 14.4 Å². The maximum Gasteiger partial charge on any atom is 0.335 e. The molecule has 0 aromatic rings. The van der Waals surface area contributed by atoms with Crippen LogP contribution in [0, 0.1) is 0 Å². The second-order valence-corrected chi connectivity index (χ2v) is 3.25. The third-order valence-corrected chi connectivity index (χ3v) is 1.82. The Labute approximate surface area is 95.3 Å². The van der Waals surface area contributed by atoms with Crippen molar-refractivity contribution in [2.45, 2.75) is 31.3 Å². The van der Waals surface area contributed by atoms with E-state index in [2.05, 4.69) is 0 Å². The van der Waals surface area contributed by atoms with Crippen molar-refractivity contribution >= 4 is 17.8 Å². The summed E-state index contributed by atoms with van der Waals surface area (Å²) in [4.78, 5) is 31.7. The van der Waals surface area contributed by atoms with E-state index in [1.165, 1.54) is 0 Å². The van der Waals surface area contributed by atoms with Gasteiger partial charge in [-0.3, -0.25) is 14.9 Å². The number of hydrogen-bond acceptors (Lipinski definition) is 7. The zero-order chi connectivity index (χ0) is 13.7. The normalized spacial score (nSPS) is 17.7. The van der Waals surface area contributed by atoms with E-state index in [0.717, 1.165) is 6.92 Å². The third-order valence-electron chi connectivity index (χ3n) is 1.82. The van der Waals surface area contributed by atoms with Gasteiger partial charge in [0, 0.05) is 6.92 Å². The van der Waals surface area contributed by atoms with E-state index in [1.54, 1.807) is 5.32 Å². The minimum absolute atomic E-state index is 0.811. The molecule has 6 N–H and O–H groups in total. The van der Waals surface area contributed by atoms with Crippen molar-refractivity contribution in [3.8, 4) is 0 Å². The van der Waals surface area contributed by atoms with Gasteiger partial charge in [-0.2, -0.15) is 0 Å². The molecule has 0 aromatic carbocycles. The number of carbonyl (C=O) groups is 3. The number of amides is 2. The molecule has 9 nitrogen and oxygen atoms in total. The lowest BCUT2D eigenvalue weighted by Crippen LogP contribution is -2.53. The number of aliphatic carboxylic acids is 1. The van der Waals surface area contributed by atoms with Gasteiger partial charge in [-0.15, -0.1) is 0 Å². The van der Waals surface area contributed by atoms with E-state index in [9.17, 15) is 19.5 Å². The van der Waals surface area contributed by atoms with Crippen molar-refractivity contribution in [1.29, 1.82) is 0 Å². The summed E-state index contributed by atoms with van der Waals surface area (Å²) in [6.45, 7) is 0.972. The average molecular weight is 251 g/mol. The molecular formula is C8H13NO8. The molecule has 0 spiro atoms. The highest BCUT2D eigenvalue weighted by molar-refractivity contribution is 5.96. The van der Waals surface area contributed by atoms with Gasteiger partial charge < -0.3 is 25.5 Å². The largest absolute Gasteiger partial charge is 0.479 e. The number of carboxylic acid groups (broad SMARTS) is 1. The van der Waals surface area contributed by atoms with E-state index in [4.69, 9.17) is 20.4 Å². The molecule has 0 radical (unpaired) electrons. The zero-order valence-electron chi connectivity index (χ0n) is 8.77. The minimum atomic E-state index is -2.37. The topological polar surface area (TPSA) is 164 Å². The van der Waals surface area contributed by atoms with Crippen molar-refractivity contribution < 1.29 is 39.9 Å². The van der Waals surface area contributed by atoms with Gasteiger partial charge in [0.05, 0.1) is 0 Å². The smallest absolute Gasteiger partial charge is 0.335 e. The summed E-state index contributed by atoms with van der Waals surface area (Å²) in [7, 11) is 0. The molecule has 0 rings (SSSR count). The Hall–Kier alpha value is -1.55. The second-order valence-electron chi connectivity index (χ2n) is 3.25. The number of hydrogen-bond donors (Lipinski definition) is 6. The lowest BCUT2D eigenvalue weighted by atomic mass is 10.0. The number of aliphatic hydroxyl groups excluding tert-OH is 4. The highest BCUT2D eigenvalue weighted by Gasteiger charge is 2.37. The summed E-state index contributed by atoms with van der Waals surface area (Å²) in [6.07, 6.45) is -9.15. The molecule has 0 bridgehead atoms. The Balaban J connectivity index is 4.58. The third kappa shape index (κ3) is 4.44. The zero-order valence-corrected chi connectivity index (χ0v) is 8.77. The van der Waals surface area contributed by atoms with Gasteiger partial charge >= 0.3 is 5.97 Å². The van der Waals surface area contributed by atoms with E-state index in [1.807, 2.05) is 0 Å². The van der Waals surface area contributed by atoms with E-state index < -0.39 is 42.2 Å². The first-order chi connectivity index (χ1) is 7.68. The fourth-order valence-corrected chi connectivity index (χ4v) is 0.922. The summed E-state index contributed by atoms with van der Waals surface area (Å²) in [5.74, 6) is -3.97. The van der Waals surface area contributed by atoms with Crippen molar-refractivity contribution in [3.05, 3.63) is 0 Å². The molecule has 4 atom stereocenters. The first-order valence-corrected chi connectivity index (χ1v) is 4.45. The molecule has 0 saturated carbocycles. The number of rotatable bonds is 5. The van der Waals surface area contributed by atoms with Crippen LogP contribution in [0.25, 0.3) is 0 Å². The highest BCUT2D eigenvalue weighted by Crippen LogP contribution is 2.05. The van der Waals surface area contributed by atoms with Gasteiger partial charge in [-0.25, -0.2) is 4.79 Å². The molecule has 98 valence electrons. The Bertz CT molecular complexity index is 317. The molecule has 9 heteroatoms. The Kier molecular flexibility index (Phi) is 5.68. The maximum absolute atomic E-state index is 11.0. The SMILES string of the molecule is CC(=O)NC(=O)[C@H](O)[C@@H](O)[C@H](O)[C@H](O)C(=O)O. The van der Waals surface area contributed by atoms with Gasteiger partial charge in [0.2, 0.25) is 5.91 Å².